The molecular weight excluding hydrogens is 214 g/mol. The van der Waals surface area contributed by atoms with Crippen LogP contribution in [0.2, 0.25) is 0 Å². The maximum Gasteiger partial charge on any atom is 0.138 e. The molecule has 1 rings (SSSR count). The zero-order valence-corrected chi connectivity index (χ0v) is 11.4. The van der Waals surface area contributed by atoms with Gasteiger partial charge >= 0.3 is 0 Å². The maximum absolute atomic E-state index is 5.91. The predicted molar refractivity (Wildman–Crippen MR) is 71.7 cm³/mol. The van der Waals surface area contributed by atoms with Gasteiger partial charge in [-0.2, -0.15) is 0 Å². The van der Waals surface area contributed by atoms with E-state index in [0.717, 1.165) is 24.7 Å². The van der Waals surface area contributed by atoms with E-state index in [1.54, 1.807) is 6.20 Å². The van der Waals surface area contributed by atoms with Crippen LogP contribution < -0.4 is 10.1 Å². The largest absolute Gasteiger partial charge is 0.485 e. The third-order valence-electron chi connectivity index (χ3n) is 2.19. The van der Waals surface area contributed by atoms with Gasteiger partial charge in [0.15, 0.2) is 0 Å². The number of ether oxygens (including phenoxy) is 1. The van der Waals surface area contributed by atoms with Gasteiger partial charge in [-0.05, 0) is 47.0 Å². The average Bonchev–Trinajstić information content (AvgIpc) is 2.18. The molecule has 0 bridgehead atoms. The van der Waals surface area contributed by atoms with Gasteiger partial charge in [-0.3, -0.25) is 0 Å². The molecule has 0 fully saturated rings. The molecule has 0 aliphatic heterocycles. The molecule has 0 aliphatic carbocycles. The fraction of sp³-hybridized carbons (Fsp3) is 0.615. The first-order valence-corrected chi connectivity index (χ1v) is 5.96. The lowest BCUT2D eigenvalue weighted by Gasteiger charge is -2.29. The molecule has 0 atom stereocenters. The summed E-state index contributed by atoms with van der Waals surface area (Å²) in [4.78, 5) is 6.39. The van der Waals surface area contributed by atoms with Crippen LogP contribution in [0, 0.1) is 0 Å². The molecule has 96 valence electrons. The van der Waals surface area contributed by atoms with Crippen molar-refractivity contribution in [1.29, 1.82) is 0 Å². The molecule has 0 saturated heterocycles. The summed E-state index contributed by atoms with van der Waals surface area (Å²) < 4.78 is 5.91. The summed E-state index contributed by atoms with van der Waals surface area (Å²) in [6.07, 6.45) is 1.76. The molecule has 0 unspecified atom stereocenters. The van der Waals surface area contributed by atoms with Gasteiger partial charge in [-0.1, -0.05) is 0 Å². The van der Waals surface area contributed by atoms with Crippen molar-refractivity contribution in [2.45, 2.75) is 26.4 Å². The number of pyridine rings is 1. The minimum absolute atomic E-state index is 0.217. The van der Waals surface area contributed by atoms with Crippen molar-refractivity contribution in [3.63, 3.8) is 0 Å². The van der Waals surface area contributed by atoms with Crippen LogP contribution in [0.5, 0.6) is 5.75 Å². The van der Waals surface area contributed by atoms with Gasteiger partial charge in [0, 0.05) is 13.1 Å². The Morgan fingerprint density at radius 2 is 2.06 bits per heavy atom. The van der Waals surface area contributed by atoms with Crippen LogP contribution >= 0.6 is 0 Å². The Bertz CT molecular complexity index is 333. The third kappa shape index (κ3) is 5.04. The summed E-state index contributed by atoms with van der Waals surface area (Å²) >= 11 is 0. The molecule has 0 aromatic carbocycles. The van der Waals surface area contributed by atoms with Gasteiger partial charge in [0.25, 0.3) is 0 Å². The Balaban J connectivity index is 2.62. The van der Waals surface area contributed by atoms with Gasteiger partial charge in [-0.25, -0.2) is 4.98 Å². The molecular formula is C13H23N3O. The van der Waals surface area contributed by atoms with Crippen molar-refractivity contribution in [2.24, 2.45) is 0 Å². The van der Waals surface area contributed by atoms with Gasteiger partial charge in [0.2, 0.25) is 0 Å². The van der Waals surface area contributed by atoms with Crippen LogP contribution in [0.4, 0.5) is 5.82 Å². The van der Waals surface area contributed by atoms with Crippen molar-refractivity contribution < 1.29 is 4.74 Å². The number of aromatic nitrogens is 1. The highest BCUT2D eigenvalue weighted by atomic mass is 16.5. The number of likely N-dealkylation sites (N-methyl/N-ethyl adjacent to an activating group) is 1. The van der Waals surface area contributed by atoms with Gasteiger partial charge in [-0.15, -0.1) is 0 Å². The second-order valence-corrected chi connectivity index (χ2v) is 5.01. The van der Waals surface area contributed by atoms with E-state index in [2.05, 4.69) is 29.0 Å². The van der Waals surface area contributed by atoms with Crippen molar-refractivity contribution in [2.75, 3.05) is 32.5 Å². The molecule has 0 saturated carbocycles. The lowest BCUT2D eigenvalue weighted by atomic mass is 10.1. The number of nitrogens with zero attached hydrogens (tertiary/aromatic N) is 2. The molecule has 17 heavy (non-hydrogen) atoms. The number of anilines is 1. The van der Waals surface area contributed by atoms with E-state index in [1.807, 2.05) is 33.2 Å². The highest BCUT2D eigenvalue weighted by Gasteiger charge is 2.20. The van der Waals surface area contributed by atoms with E-state index in [-0.39, 0.29) is 5.60 Å². The highest BCUT2D eigenvalue weighted by molar-refractivity contribution is 5.37. The lowest BCUT2D eigenvalue weighted by Crippen LogP contribution is -2.39. The Hall–Kier alpha value is -1.29. The zero-order valence-electron chi connectivity index (χ0n) is 11.4. The lowest BCUT2D eigenvalue weighted by molar-refractivity contribution is 0.0771. The Kier molecular flexibility index (Phi) is 4.75. The van der Waals surface area contributed by atoms with E-state index in [4.69, 9.17) is 4.74 Å². The summed E-state index contributed by atoms with van der Waals surface area (Å²) in [5.41, 5.74) is -0.217. The third-order valence-corrected chi connectivity index (χ3v) is 2.19. The SMILES string of the molecule is CCNc1ccc(OC(C)(C)CN(C)C)cn1. The molecule has 4 heteroatoms. The van der Waals surface area contributed by atoms with Crippen LogP contribution in [0.15, 0.2) is 18.3 Å². The minimum Gasteiger partial charge on any atom is -0.485 e. The van der Waals surface area contributed by atoms with Gasteiger partial charge in [0.05, 0.1) is 6.20 Å². The van der Waals surface area contributed by atoms with E-state index in [9.17, 15) is 0 Å². The van der Waals surface area contributed by atoms with Crippen LogP contribution in [-0.2, 0) is 0 Å². The fourth-order valence-corrected chi connectivity index (χ4v) is 1.84. The normalized spacial score (nSPS) is 11.6. The monoisotopic (exact) mass is 237 g/mol. The fourth-order valence-electron chi connectivity index (χ4n) is 1.84. The summed E-state index contributed by atoms with van der Waals surface area (Å²) in [6, 6.07) is 3.88. The molecule has 1 N–H and O–H groups in total. The number of hydrogen-bond acceptors (Lipinski definition) is 4. The second-order valence-electron chi connectivity index (χ2n) is 5.01. The average molecular weight is 237 g/mol. The second kappa shape index (κ2) is 5.87. The smallest absolute Gasteiger partial charge is 0.138 e. The maximum atomic E-state index is 5.91. The topological polar surface area (TPSA) is 37.4 Å². The quantitative estimate of drug-likeness (QED) is 0.823. The predicted octanol–water partition coefficient (Wildman–Crippen LogP) is 2.23. The standard InChI is InChI=1S/C13H23N3O/c1-6-14-12-8-7-11(9-15-12)17-13(2,3)10-16(4)5/h7-9H,6,10H2,1-5H3,(H,14,15). The van der Waals surface area contributed by atoms with Gasteiger partial charge < -0.3 is 15.0 Å². The molecule has 4 nitrogen and oxygen atoms in total. The molecule has 0 aliphatic rings. The Labute approximate surface area is 104 Å². The van der Waals surface area contributed by atoms with Crippen LogP contribution in [0.1, 0.15) is 20.8 Å². The van der Waals surface area contributed by atoms with E-state index >= 15 is 0 Å². The first-order chi connectivity index (χ1) is 7.93. The van der Waals surface area contributed by atoms with Crippen molar-refractivity contribution in [3.05, 3.63) is 18.3 Å². The van der Waals surface area contributed by atoms with E-state index in [1.165, 1.54) is 0 Å². The van der Waals surface area contributed by atoms with Crippen LogP contribution in [0.25, 0.3) is 0 Å². The summed E-state index contributed by atoms with van der Waals surface area (Å²) in [7, 11) is 4.08. The highest BCUT2D eigenvalue weighted by Crippen LogP contribution is 2.19. The molecule has 0 spiro atoms. The Morgan fingerprint density at radius 3 is 2.53 bits per heavy atom. The summed E-state index contributed by atoms with van der Waals surface area (Å²) in [5, 5.41) is 3.15. The first-order valence-electron chi connectivity index (χ1n) is 5.96. The molecule has 0 radical (unpaired) electrons. The number of nitrogens with one attached hydrogen (secondary N) is 1. The van der Waals surface area contributed by atoms with E-state index in [0.29, 0.717) is 0 Å². The minimum atomic E-state index is -0.217. The zero-order chi connectivity index (χ0) is 12.9. The van der Waals surface area contributed by atoms with Gasteiger partial charge in [0.1, 0.15) is 17.2 Å². The molecule has 1 aromatic rings. The number of hydrogen-bond donors (Lipinski definition) is 1. The van der Waals surface area contributed by atoms with E-state index < -0.39 is 0 Å². The van der Waals surface area contributed by atoms with Crippen molar-refractivity contribution in [1.82, 2.24) is 9.88 Å². The molecule has 0 amide bonds. The van der Waals surface area contributed by atoms with Crippen LogP contribution in [-0.4, -0.2) is 42.7 Å². The van der Waals surface area contributed by atoms with Crippen molar-refractivity contribution >= 4 is 5.82 Å². The van der Waals surface area contributed by atoms with Crippen LogP contribution in [0.3, 0.4) is 0 Å². The Morgan fingerprint density at radius 1 is 1.35 bits per heavy atom. The molecule has 1 aromatic heterocycles. The molecule has 1 heterocycles. The first kappa shape index (κ1) is 13.8. The van der Waals surface area contributed by atoms with Crippen molar-refractivity contribution in [3.8, 4) is 5.75 Å². The summed E-state index contributed by atoms with van der Waals surface area (Å²) in [6.45, 7) is 7.93. The summed E-state index contributed by atoms with van der Waals surface area (Å²) in [5.74, 6) is 1.68. The number of rotatable bonds is 6.